The molecule has 0 aliphatic carbocycles. The lowest BCUT2D eigenvalue weighted by Crippen LogP contribution is -2.23. The number of carbonyl (C=O) groups is 2. The third-order valence-electron chi connectivity index (χ3n) is 3.50. The van der Waals surface area contributed by atoms with Crippen LogP contribution in [0.4, 0.5) is 10.5 Å². The number of nitrogens with zero attached hydrogens (tertiary/aromatic N) is 1. The van der Waals surface area contributed by atoms with E-state index in [0.29, 0.717) is 22.9 Å². The van der Waals surface area contributed by atoms with Crippen LogP contribution in [0.5, 0.6) is 0 Å². The monoisotopic (exact) mass is 386 g/mol. The average Bonchev–Trinajstić information content (AvgIpc) is 3.11. The number of benzene rings is 2. The fourth-order valence-electron chi connectivity index (χ4n) is 2.22. The zero-order valence-corrected chi connectivity index (χ0v) is 15.1. The molecule has 6 nitrogen and oxygen atoms in total. The second kappa shape index (κ2) is 7.99. The SMILES string of the molecule is NC(=O)Nc1ccc(CNC(=O)c2csc(-c3ccc(Cl)cc3)n2)cc1. The zero-order chi connectivity index (χ0) is 18.5. The van der Waals surface area contributed by atoms with Crippen molar-refractivity contribution in [1.29, 1.82) is 0 Å². The number of nitrogens with two attached hydrogens (primary N) is 1. The first kappa shape index (κ1) is 17.9. The maximum absolute atomic E-state index is 12.3. The van der Waals surface area contributed by atoms with Crippen LogP contribution in [0.1, 0.15) is 16.1 Å². The van der Waals surface area contributed by atoms with Crippen molar-refractivity contribution in [2.24, 2.45) is 5.73 Å². The Morgan fingerprint density at radius 3 is 2.42 bits per heavy atom. The fraction of sp³-hybridized carbons (Fsp3) is 0.0556. The lowest BCUT2D eigenvalue weighted by atomic mass is 10.2. The van der Waals surface area contributed by atoms with Crippen molar-refractivity contribution in [3.05, 3.63) is 70.2 Å². The van der Waals surface area contributed by atoms with Gasteiger partial charge in [-0.1, -0.05) is 35.9 Å². The molecule has 3 amide bonds. The van der Waals surface area contributed by atoms with Crippen LogP contribution in [-0.2, 0) is 6.54 Å². The summed E-state index contributed by atoms with van der Waals surface area (Å²) >= 11 is 7.28. The highest BCUT2D eigenvalue weighted by molar-refractivity contribution is 7.13. The molecule has 132 valence electrons. The summed E-state index contributed by atoms with van der Waals surface area (Å²) in [6, 6.07) is 13.7. The summed E-state index contributed by atoms with van der Waals surface area (Å²) in [4.78, 5) is 27.4. The molecule has 0 fully saturated rings. The van der Waals surface area contributed by atoms with Crippen LogP contribution < -0.4 is 16.4 Å². The molecule has 1 heterocycles. The number of nitrogens with one attached hydrogen (secondary N) is 2. The van der Waals surface area contributed by atoms with E-state index >= 15 is 0 Å². The molecule has 0 spiro atoms. The van der Waals surface area contributed by atoms with E-state index < -0.39 is 6.03 Å². The summed E-state index contributed by atoms with van der Waals surface area (Å²) in [6.07, 6.45) is 0. The summed E-state index contributed by atoms with van der Waals surface area (Å²) in [6.45, 7) is 0.351. The number of anilines is 1. The Morgan fingerprint density at radius 2 is 1.77 bits per heavy atom. The Labute approximate surface area is 159 Å². The summed E-state index contributed by atoms with van der Waals surface area (Å²) in [5, 5.41) is 8.43. The fourth-order valence-corrected chi connectivity index (χ4v) is 3.16. The van der Waals surface area contributed by atoms with Gasteiger partial charge in [0.2, 0.25) is 0 Å². The summed E-state index contributed by atoms with van der Waals surface area (Å²) in [7, 11) is 0. The number of hydrogen-bond donors (Lipinski definition) is 3. The molecule has 0 radical (unpaired) electrons. The van der Waals surface area contributed by atoms with E-state index in [4.69, 9.17) is 17.3 Å². The molecular weight excluding hydrogens is 372 g/mol. The van der Waals surface area contributed by atoms with Crippen LogP contribution in [0.25, 0.3) is 10.6 Å². The molecule has 3 aromatic rings. The van der Waals surface area contributed by atoms with Crippen molar-refractivity contribution < 1.29 is 9.59 Å². The maximum atomic E-state index is 12.3. The van der Waals surface area contributed by atoms with Gasteiger partial charge in [0.15, 0.2) is 0 Å². The van der Waals surface area contributed by atoms with E-state index in [0.717, 1.165) is 16.1 Å². The van der Waals surface area contributed by atoms with Gasteiger partial charge in [-0.25, -0.2) is 9.78 Å². The predicted octanol–water partition coefficient (Wildman–Crippen LogP) is 3.88. The molecule has 2 aromatic carbocycles. The topological polar surface area (TPSA) is 97.1 Å². The summed E-state index contributed by atoms with van der Waals surface area (Å²) in [5.74, 6) is -0.249. The van der Waals surface area contributed by atoms with E-state index in [9.17, 15) is 9.59 Å². The minimum atomic E-state index is -0.619. The number of rotatable bonds is 5. The molecule has 0 bridgehead atoms. The predicted molar refractivity (Wildman–Crippen MR) is 103 cm³/mol. The van der Waals surface area contributed by atoms with Gasteiger partial charge in [-0.15, -0.1) is 11.3 Å². The third-order valence-corrected chi connectivity index (χ3v) is 4.65. The number of amides is 3. The molecule has 1 aromatic heterocycles. The number of aromatic nitrogens is 1. The smallest absolute Gasteiger partial charge is 0.316 e. The molecule has 0 unspecified atom stereocenters. The van der Waals surface area contributed by atoms with Crippen molar-refractivity contribution in [3.63, 3.8) is 0 Å². The zero-order valence-electron chi connectivity index (χ0n) is 13.5. The van der Waals surface area contributed by atoms with Crippen molar-refractivity contribution in [3.8, 4) is 10.6 Å². The first-order valence-electron chi connectivity index (χ1n) is 7.66. The highest BCUT2D eigenvalue weighted by Crippen LogP contribution is 2.25. The van der Waals surface area contributed by atoms with E-state index in [1.807, 2.05) is 12.1 Å². The minimum Gasteiger partial charge on any atom is -0.351 e. The molecule has 26 heavy (non-hydrogen) atoms. The van der Waals surface area contributed by atoms with Gasteiger partial charge in [0.05, 0.1) is 0 Å². The lowest BCUT2D eigenvalue weighted by molar-refractivity contribution is 0.0946. The van der Waals surface area contributed by atoms with E-state index in [2.05, 4.69) is 15.6 Å². The van der Waals surface area contributed by atoms with E-state index in [1.54, 1.807) is 41.8 Å². The first-order chi connectivity index (χ1) is 12.5. The van der Waals surface area contributed by atoms with Crippen molar-refractivity contribution in [2.45, 2.75) is 6.54 Å². The van der Waals surface area contributed by atoms with Crippen LogP contribution in [-0.4, -0.2) is 16.9 Å². The summed E-state index contributed by atoms with van der Waals surface area (Å²) in [5.41, 5.74) is 7.82. The van der Waals surface area contributed by atoms with E-state index in [1.165, 1.54) is 11.3 Å². The lowest BCUT2D eigenvalue weighted by Gasteiger charge is -2.05. The number of urea groups is 1. The molecule has 0 aliphatic heterocycles. The van der Waals surface area contributed by atoms with E-state index in [-0.39, 0.29) is 5.91 Å². The molecule has 0 saturated carbocycles. The normalized spacial score (nSPS) is 10.3. The second-order valence-corrected chi connectivity index (χ2v) is 6.71. The Hall–Kier alpha value is -2.90. The second-order valence-electron chi connectivity index (χ2n) is 5.41. The van der Waals surface area contributed by atoms with Crippen molar-refractivity contribution in [2.75, 3.05) is 5.32 Å². The number of hydrogen-bond acceptors (Lipinski definition) is 4. The van der Waals surface area contributed by atoms with Gasteiger partial charge < -0.3 is 16.4 Å². The third kappa shape index (κ3) is 4.59. The van der Waals surface area contributed by atoms with Gasteiger partial charge in [-0.05, 0) is 29.8 Å². The largest absolute Gasteiger partial charge is 0.351 e. The van der Waals surface area contributed by atoms with Crippen LogP contribution in [0, 0.1) is 0 Å². The molecule has 4 N–H and O–H groups in total. The van der Waals surface area contributed by atoms with Gasteiger partial charge in [0, 0.05) is 28.2 Å². The van der Waals surface area contributed by atoms with Gasteiger partial charge in [0.25, 0.3) is 5.91 Å². The molecule has 0 atom stereocenters. The Balaban J connectivity index is 1.60. The standard InChI is InChI=1S/C18H15ClN4O2S/c19-13-5-3-12(4-6-13)17-23-15(10-26-17)16(24)21-9-11-1-7-14(8-2-11)22-18(20)25/h1-8,10H,9H2,(H,21,24)(H3,20,22,25). The number of thiazole rings is 1. The van der Waals surface area contributed by atoms with Gasteiger partial charge >= 0.3 is 6.03 Å². The molecule has 0 saturated heterocycles. The molecule has 8 heteroatoms. The van der Waals surface area contributed by atoms with Gasteiger partial charge in [-0.3, -0.25) is 4.79 Å². The minimum absolute atomic E-state index is 0.249. The quantitative estimate of drug-likeness (QED) is 0.620. The molecule has 0 aliphatic rings. The maximum Gasteiger partial charge on any atom is 0.316 e. The Bertz CT molecular complexity index is 923. The van der Waals surface area contributed by atoms with Gasteiger partial charge in [-0.2, -0.15) is 0 Å². The van der Waals surface area contributed by atoms with Crippen LogP contribution in [0.3, 0.4) is 0 Å². The average molecular weight is 387 g/mol. The number of halogens is 1. The van der Waals surface area contributed by atoms with Crippen LogP contribution in [0.15, 0.2) is 53.9 Å². The van der Waals surface area contributed by atoms with Gasteiger partial charge in [0.1, 0.15) is 10.7 Å². The van der Waals surface area contributed by atoms with Crippen LogP contribution in [0.2, 0.25) is 5.02 Å². The molecule has 3 rings (SSSR count). The van der Waals surface area contributed by atoms with Crippen molar-refractivity contribution >= 4 is 40.6 Å². The first-order valence-corrected chi connectivity index (χ1v) is 8.92. The van der Waals surface area contributed by atoms with Crippen molar-refractivity contribution in [1.82, 2.24) is 10.3 Å². The Kier molecular flexibility index (Phi) is 5.50. The highest BCUT2D eigenvalue weighted by Gasteiger charge is 2.11. The Morgan fingerprint density at radius 1 is 1.08 bits per heavy atom. The number of primary amides is 1. The summed E-state index contributed by atoms with van der Waals surface area (Å²) < 4.78 is 0. The highest BCUT2D eigenvalue weighted by atomic mass is 35.5. The van der Waals surface area contributed by atoms with Crippen LogP contribution >= 0.6 is 22.9 Å². The molecular formula is C18H15ClN4O2S. The number of carbonyl (C=O) groups excluding carboxylic acids is 2.